The molecule has 2 atom stereocenters. The monoisotopic (exact) mass is 294 g/mol. The number of piperazine rings is 1. The molecule has 20 heavy (non-hydrogen) atoms. The van der Waals surface area contributed by atoms with Crippen LogP contribution in [0, 0.1) is 0 Å². The normalized spacial score (nSPS) is 25.5. The first-order valence-corrected chi connectivity index (χ1v) is 8.83. The first-order valence-electron chi connectivity index (χ1n) is 7.95. The van der Waals surface area contributed by atoms with Gasteiger partial charge in [-0.15, -0.1) is 11.3 Å². The van der Waals surface area contributed by atoms with Gasteiger partial charge in [0.2, 0.25) is 0 Å². The van der Waals surface area contributed by atoms with Crippen LogP contribution in [0.3, 0.4) is 0 Å². The maximum absolute atomic E-state index is 4.85. The van der Waals surface area contributed by atoms with Crippen molar-refractivity contribution in [1.29, 1.82) is 0 Å². The lowest BCUT2D eigenvalue weighted by Crippen LogP contribution is -2.54. The van der Waals surface area contributed by atoms with Crippen LogP contribution in [0.4, 0.5) is 5.13 Å². The van der Waals surface area contributed by atoms with Gasteiger partial charge < -0.3 is 10.2 Å². The third-order valence-corrected chi connectivity index (χ3v) is 5.49. The van der Waals surface area contributed by atoms with Crippen molar-refractivity contribution in [3.8, 4) is 0 Å². The largest absolute Gasteiger partial charge is 0.345 e. The second-order valence-electron chi connectivity index (χ2n) is 5.97. The summed E-state index contributed by atoms with van der Waals surface area (Å²) in [6.45, 7) is 10.2. The van der Waals surface area contributed by atoms with Gasteiger partial charge in [0, 0.05) is 37.1 Å². The predicted octanol–water partition coefficient (Wildman–Crippen LogP) is 2.49. The SMILES string of the molecule is CCNC(C)c1csc(N2CCN3CCCCC3C2)n1. The molecule has 2 fully saturated rings. The minimum atomic E-state index is 0.362. The van der Waals surface area contributed by atoms with E-state index in [1.807, 2.05) is 0 Å². The van der Waals surface area contributed by atoms with E-state index < -0.39 is 0 Å². The quantitative estimate of drug-likeness (QED) is 0.924. The van der Waals surface area contributed by atoms with Crippen molar-refractivity contribution in [1.82, 2.24) is 15.2 Å². The molecule has 4 nitrogen and oxygen atoms in total. The number of aromatic nitrogens is 1. The Morgan fingerprint density at radius 1 is 1.40 bits per heavy atom. The molecular formula is C15H26N4S. The molecule has 0 aliphatic carbocycles. The molecule has 0 bridgehead atoms. The Balaban J connectivity index is 1.64. The van der Waals surface area contributed by atoms with Crippen LogP contribution in [0.2, 0.25) is 0 Å². The van der Waals surface area contributed by atoms with Crippen LogP contribution in [-0.4, -0.2) is 48.6 Å². The summed E-state index contributed by atoms with van der Waals surface area (Å²) >= 11 is 1.81. The Hall–Kier alpha value is -0.650. The van der Waals surface area contributed by atoms with Crippen LogP contribution in [0.15, 0.2) is 5.38 Å². The molecule has 112 valence electrons. The van der Waals surface area contributed by atoms with Gasteiger partial charge in [-0.2, -0.15) is 0 Å². The van der Waals surface area contributed by atoms with Crippen LogP contribution >= 0.6 is 11.3 Å². The number of piperidine rings is 1. The summed E-state index contributed by atoms with van der Waals surface area (Å²) in [5.74, 6) is 0. The smallest absolute Gasteiger partial charge is 0.185 e. The second-order valence-corrected chi connectivity index (χ2v) is 6.80. The lowest BCUT2D eigenvalue weighted by Gasteiger charge is -2.44. The van der Waals surface area contributed by atoms with Gasteiger partial charge in [-0.05, 0) is 32.9 Å². The number of nitrogens with zero attached hydrogens (tertiary/aromatic N) is 3. The standard InChI is InChI=1S/C15H26N4S/c1-3-16-12(2)14-11-20-15(17-14)19-9-8-18-7-5-4-6-13(18)10-19/h11-13,16H,3-10H2,1-2H3. The first-order chi connectivity index (χ1) is 9.78. The van der Waals surface area contributed by atoms with Gasteiger partial charge in [-0.1, -0.05) is 13.3 Å². The van der Waals surface area contributed by atoms with Gasteiger partial charge in [0.05, 0.1) is 5.69 Å². The van der Waals surface area contributed by atoms with Crippen molar-refractivity contribution < 1.29 is 0 Å². The zero-order valence-corrected chi connectivity index (χ0v) is 13.5. The number of fused-ring (bicyclic) bond motifs is 1. The van der Waals surface area contributed by atoms with Crippen LogP contribution in [0.25, 0.3) is 0 Å². The summed E-state index contributed by atoms with van der Waals surface area (Å²) in [6, 6.07) is 1.12. The van der Waals surface area contributed by atoms with Crippen molar-refractivity contribution in [3.63, 3.8) is 0 Å². The van der Waals surface area contributed by atoms with E-state index in [0.29, 0.717) is 6.04 Å². The van der Waals surface area contributed by atoms with E-state index in [-0.39, 0.29) is 0 Å². The molecule has 0 amide bonds. The number of hydrogen-bond donors (Lipinski definition) is 1. The van der Waals surface area contributed by atoms with Gasteiger partial charge in [0.15, 0.2) is 5.13 Å². The molecule has 2 saturated heterocycles. The average molecular weight is 294 g/mol. The zero-order valence-electron chi connectivity index (χ0n) is 12.6. The zero-order chi connectivity index (χ0) is 13.9. The summed E-state index contributed by atoms with van der Waals surface area (Å²) < 4.78 is 0. The van der Waals surface area contributed by atoms with Crippen molar-refractivity contribution in [2.24, 2.45) is 0 Å². The Bertz CT molecular complexity index is 433. The van der Waals surface area contributed by atoms with Gasteiger partial charge in [-0.25, -0.2) is 4.98 Å². The Morgan fingerprint density at radius 3 is 3.15 bits per heavy atom. The lowest BCUT2D eigenvalue weighted by molar-refractivity contribution is 0.133. The predicted molar refractivity (Wildman–Crippen MR) is 85.6 cm³/mol. The molecule has 3 heterocycles. The van der Waals surface area contributed by atoms with Crippen LogP contribution < -0.4 is 10.2 Å². The van der Waals surface area contributed by atoms with Crippen LogP contribution in [0.5, 0.6) is 0 Å². The fraction of sp³-hybridized carbons (Fsp3) is 0.800. The molecular weight excluding hydrogens is 268 g/mol. The third-order valence-electron chi connectivity index (χ3n) is 4.57. The minimum absolute atomic E-state index is 0.362. The highest BCUT2D eigenvalue weighted by Crippen LogP contribution is 2.28. The Kier molecular flexibility index (Phi) is 4.58. The Labute approximate surface area is 126 Å². The maximum atomic E-state index is 4.85. The molecule has 2 aliphatic heterocycles. The summed E-state index contributed by atoms with van der Waals surface area (Å²) in [7, 11) is 0. The van der Waals surface area contributed by atoms with E-state index in [0.717, 1.165) is 19.1 Å². The van der Waals surface area contributed by atoms with Crippen molar-refractivity contribution in [2.75, 3.05) is 37.6 Å². The highest BCUT2D eigenvalue weighted by molar-refractivity contribution is 7.13. The van der Waals surface area contributed by atoms with Crippen molar-refractivity contribution >= 4 is 16.5 Å². The molecule has 0 spiro atoms. The van der Waals surface area contributed by atoms with Crippen molar-refractivity contribution in [3.05, 3.63) is 11.1 Å². The molecule has 1 aromatic rings. The van der Waals surface area contributed by atoms with Crippen LogP contribution in [0.1, 0.15) is 44.8 Å². The van der Waals surface area contributed by atoms with E-state index in [1.54, 1.807) is 11.3 Å². The fourth-order valence-corrected chi connectivity index (χ4v) is 4.32. The average Bonchev–Trinajstić information content (AvgIpc) is 2.97. The molecule has 2 aliphatic rings. The summed E-state index contributed by atoms with van der Waals surface area (Å²) in [5.41, 5.74) is 1.19. The number of nitrogens with one attached hydrogen (secondary N) is 1. The molecule has 0 aromatic carbocycles. The molecule has 2 unspecified atom stereocenters. The highest BCUT2D eigenvalue weighted by Gasteiger charge is 2.30. The summed E-state index contributed by atoms with van der Waals surface area (Å²) in [4.78, 5) is 10.0. The molecule has 1 aromatic heterocycles. The molecule has 0 saturated carbocycles. The fourth-order valence-electron chi connectivity index (χ4n) is 3.36. The number of thiazole rings is 1. The minimum Gasteiger partial charge on any atom is -0.345 e. The maximum Gasteiger partial charge on any atom is 0.185 e. The molecule has 0 radical (unpaired) electrons. The third kappa shape index (κ3) is 3.00. The summed E-state index contributed by atoms with van der Waals surface area (Å²) in [6.07, 6.45) is 4.15. The molecule has 1 N–H and O–H groups in total. The van der Waals surface area contributed by atoms with Crippen LogP contribution in [-0.2, 0) is 0 Å². The summed E-state index contributed by atoms with van der Waals surface area (Å²) in [5, 5.41) is 6.88. The number of rotatable bonds is 4. The molecule has 5 heteroatoms. The number of hydrogen-bond acceptors (Lipinski definition) is 5. The Morgan fingerprint density at radius 2 is 2.30 bits per heavy atom. The van der Waals surface area contributed by atoms with E-state index in [2.05, 4.69) is 34.3 Å². The second kappa shape index (κ2) is 6.41. The van der Waals surface area contributed by atoms with E-state index in [9.17, 15) is 0 Å². The van der Waals surface area contributed by atoms with Gasteiger partial charge in [-0.3, -0.25) is 4.90 Å². The van der Waals surface area contributed by atoms with Gasteiger partial charge >= 0.3 is 0 Å². The highest BCUT2D eigenvalue weighted by atomic mass is 32.1. The lowest BCUT2D eigenvalue weighted by atomic mass is 10.00. The molecule has 3 rings (SSSR count). The van der Waals surface area contributed by atoms with E-state index in [4.69, 9.17) is 4.98 Å². The first kappa shape index (κ1) is 14.3. The van der Waals surface area contributed by atoms with Crippen molar-refractivity contribution in [2.45, 2.75) is 45.2 Å². The van der Waals surface area contributed by atoms with Gasteiger partial charge in [0.25, 0.3) is 0 Å². The number of anilines is 1. The van der Waals surface area contributed by atoms with E-state index in [1.165, 1.54) is 49.7 Å². The topological polar surface area (TPSA) is 31.4 Å². The van der Waals surface area contributed by atoms with Gasteiger partial charge in [0.1, 0.15) is 0 Å². The van der Waals surface area contributed by atoms with E-state index >= 15 is 0 Å².